The molecule has 0 saturated carbocycles. The fraction of sp³-hybridized carbons (Fsp3) is 0.562. The maximum Gasteiger partial charge on any atom is 0.251 e. The summed E-state index contributed by atoms with van der Waals surface area (Å²) in [4.78, 5) is 14.4. The Morgan fingerprint density at radius 3 is 2.73 bits per heavy atom. The highest BCUT2D eigenvalue weighted by molar-refractivity contribution is 5.94. The van der Waals surface area contributed by atoms with E-state index in [2.05, 4.69) is 28.5 Å². The fourth-order valence-electron chi connectivity index (χ4n) is 2.71. The van der Waals surface area contributed by atoms with Crippen LogP contribution in [-0.4, -0.2) is 43.5 Å². The molecule has 1 aliphatic rings. The molecule has 1 amide bonds. The lowest BCUT2D eigenvalue weighted by Crippen LogP contribution is -2.46. The van der Waals surface area contributed by atoms with E-state index < -0.39 is 0 Å². The molecule has 1 aliphatic heterocycles. The summed E-state index contributed by atoms with van der Waals surface area (Å²) < 4.78 is 0. The Hall–Kier alpha value is -0.810. The molecule has 0 aromatic heterocycles. The first-order chi connectivity index (χ1) is 9.54. The van der Waals surface area contributed by atoms with Crippen LogP contribution in [0.1, 0.15) is 35.7 Å². The Bertz CT molecular complexity index is 468. The van der Waals surface area contributed by atoms with Crippen LogP contribution in [0, 0.1) is 0 Å². The van der Waals surface area contributed by atoms with Gasteiger partial charge < -0.3 is 15.5 Å². The smallest absolute Gasteiger partial charge is 0.251 e. The zero-order valence-electron chi connectivity index (χ0n) is 13.5. The summed E-state index contributed by atoms with van der Waals surface area (Å²) in [6.07, 6.45) is 2.01. The highest BCUT2D eigenvalue weighted by Crippen LogP contribution is 2.11. The van der Waals surface area contributed by atoms with Crippen LogP contribution in [0.15, 0.2) is 24.3 Å². The summed E-state index contributed by atoms with van der Waals surface area (Å²) in [6.45, 7) is 3.99. The van der Waals surface area contributed by atoms with E-state index in [1.807, 2.05) is 32.3 Å². The van der Waals surface area contributed by atoms with Crippen molar-refractivity contribution in [3.63, 3.8) is 0 Å². The number of rotatable bonds is 4. The lowest BCUT2D eigenvalue weighted by Gasteiger charge is -2.28. The fourth-order valence-corrected chi connectivity index (χ4v) is 2.71. The van der Waals surface area contributed by atoms with E-state index in [0.717, 1.165) is 31.5 Å². The van der Waals surface area contributed by atoms with Crippen molar-refractivity contribution in [2.45, 2.75) is 38.4 Å². The molecule has 2 unspecified atom stereocenters. The summed E-state index contributed by atoms with van der Waals surface area (Å²) in [5, 5.41) is 6.55. The van der Waals surface area contributed by atoms with Crippen LogP contribution in [0.25, 0.3) is 0 Å². The zero-order chi connectivity index (χ0) is 14.5. The Morgan fingerprint density at radius 1 is 1.36 bits per heavy atom. The van der Waals surface area contributed by atoms with E-state index in [1.165, 1.54) is 5.56 Å². The Labute approximate surface area is 145 Å². The average Bonchev–Trinajstić information content (AvgIpc) is 2.38. The van der Waals surface area contributed by atoms with E-state index in [1.54, 1.807) is 0 Å². The lowest BCUT2D eigenvalue weighted by atomic mass is 10.00. The zero-order valence-corrected chi connectivity index (χ0v) is 15.1. The highest BCUT2D eigenvalue weighted by atomic mass is 35.5. The van der Waals surface area contributed by atoms with E-state index in [-0.39, 0.29) is 36.8 Å². The number of hydrogen-bond acceptors (Lipinski definition) is 3. The van der Waals surface area contributed by atoms with Gasteiger partial charge in [0.25, 0.3) is 5.91 Å². The maximum absolute atomic E-state index is 12.3. The number of nitrogens with zero attached hydrogens (tertiary/aromatic N) is 1. The van der Waals surface area contributed by atoms with Crippen molar-refractivity contribution in [1.29, 1.82) is 0 Å². The van der Waals surface area contributed by atoms with Gasteiger partial charge in [-0.3, -0.25) is 4.79 Å². The molecule has 2 N–H and O–H groups in total. The van der Waals surface area contributed by atoms with Gasteiger partial charge in [0.2, 0.25) is 0 Å². The summed E-state index contributed by atoms with van der Waals surface area (Å²) in [5.41, 5.74) is 1.93. The minimum Gasteiger partial charge on any atom is -0.349 e. The van der Waals surface area contributed by atoms with Gasteiger partial charge in [-0.2, -0.15) is 0 Å². The number of carbonyl (C=O) groups excluding carboxylic acids is 1. The second kappa shape index (κ2) is 10.1. The summed E-state index contributed by atoms with van der Waals surface area (Å²) >= 11 is 0. The first-order valence-electron chi connectivity index (χ1n) is 7.32. The van der Waals surface area contributed by atoms with Crippen molar-refractivity contribution >= 4 is 30.7 Å². The second-order valence-electron chi connectivity index (χ2n) is 5.99. The number of halogens is 2. The van der Waals surface area contributed by atoms with E-state index in [0.29, 0.717) is 6.04 Å². The van der Waals surface area contributed by atoms with Crippen LogP contribution in [0.4, 0.5) is 0 Å². The number of benzene rings is 1. The molecule has 1 aromatic rings. The first kappa shape index (κ1) is 21.2. The third-order valence-electron chi connectivity index (χ3n) is 3.65. The van der Waals surface area contributed by atoms with Crippen LogP contribution >= 0.6 is 24.8 Å². The molecular formula is C16H27Cl2N3O. The van der Waals surface area contributed by atoms with Crippen molar-refractivity contribution in [1.82, 2.24) is 15.5 Å². The first-order valence-corrected chi connectivity index (χ1v) is 7.32. The largest absolute Gasteiger partial charge is 0.349 e. The molecule has 2 rings (SSSR count). The Morgan fingerprint density at radius 2 is 2.09 bits per heavy atom. The number of carbonyl (C=O) groups is 1. The molecule has 22 heavy (non-hydrogen) atoms. The third kappa shape index (κ3) is 6.53. The van der Waals surface area contributed by atoms with E-state index in [9.17, 15) is 4.79 Å². The molecule has 1 saturated heterocycles. The lowest BCUT2D eigenvalue weighted by molar-refractivity contribution is 0.0925. The molecule has 0 bridgehead atoms. The summed E-state index contributed by atoms with van der Waals surface area (Å²) in [5.74, 6) is 0.0460. The van der Waals surface area contributed by atoms with E-state index in [4.69, 9.17) is 0 Å². The molecule has 1 aromatic carbocycles. The average molecular weight is 348 g/mol. The van der Waals surface area contributed by atoms with Crippen molar-refractivity contribution < 1.29 is 4.79 Å². The van der Waals surface area contributed by atoms with Gasteiger partial charge in [-0.15, -0.1) is 24.8 Å². The number of nitrogens with one attached hydrogen (secondary N) is 2. The Kier molecular flexibility index (Phi) is 9.69. The standard InChI is InChI=1S/C16H25N3O.2ClH/c1-12-9-15(7-8-17-12)18-16(20)14-6-4-5-13(10-14)11-19(2)3;;/h4-6,10,12,15,17H,7-9,11H2,1-3H3,(H,18,20);2*1H. The van der Waals surface area contributed by atoms with Gasteiger partial charge >= 0.3 is 0 Å². The van der Waals surface area contributed by atoms with Gasteiger partial charge in [0.05, 0.1) is 0 Å². The minimum atomic E-state index is 0. The molecule has 4 nitrogen and oxygen atoms in total. The van der Waals surface area contributed by atoms with Gasteiger partial charge in [-0.05, 0) is 58.1 Å². The van der Waals surface area contributed by atoms with Gasteiger partial charge in [0, 0.05) is 24.2 Å². The molecule has 6 heteroatoms. The maximum atomic E-state index is 12.3. The quantitative estimate of drug-likeness (QED) is 0.879. The predicted octanol–water partition coefficient (Wildman–Crippen LogP) is 2.46. The van der Waals surface area contributed by atoms with Crippen molar-refractivity contribution in [3.8, 4) is 0 Å². The number of piperidine rings is 1. The normalized spacial score (nSPS) is 20.7. The van der Waals surface area contributed by atoms with Crippen LogP contribution in [-0.2, 0) is 6.54 Å². The number of amides is 1. The van der Waals surface area contributed by atoms with Crippen LogP contribution < -0.4 is 10.6 Å². The Balaban J connectivity index is 0.00000220. The molecule has 2 atom stereocenters. The van der Waals surface area contributed by atoms with Gasteiger partial charge in [-0.25, -0.2) is 0 Å². The van der Waals surface area contributed by atoms with Crippen molar-refractivity contribution in [2.24, 2.45) is 0 Å². The summed E-state index contributed by atoms with van der Waals surface area (Å²) in [7, 11) is 4.06. The molecule has 126 valence electrons. The van der Waals surface area contributed by atoms with Crippen molar-refractivity contribution in [3.05, 3.63) is 35.4 Å². The molecular weight excluding hydrogens is 321 g/mol. The van der Waals surface area contributed by atoms with Gasteiger partial charge in [0.15, 0.2) is 0 Å². The van der Waals surface area contributed by atoms with Crippen molar-refractivity contribution in [2.75, 3.05) is 20.6 Å². The summed E-state index contributed by atoms with van der Waals surface area (Å²) in [6, 6.07) is 8.66. The minimum absolute atomic E-state index is 0. The molecule has 1 heterocycles. The molecule has 0 spiro atoms. The van der Waals surface area contributed by atoms with Gasteiger partial charge in [-0.1, -0.05) is 12.1 Å². The molecule has 0 aliphatic carbocycles. The van der Waals surface area contributed by atoms with Crippen LogP contribution in [0.2, 0.25) is 0 Å². The monoisotopic (exact) mass is 347 g/mol. The molecule has 0 radical (unpaired) electrons. The van der Waals surface area contributed by atoms with Crippen LogP contribution in [0.3, 0.4) is 0 Å². The van der Waals surface area contributed by atoms with E-state index >= 15 is 0 Å². The number of hydrogen-bond donors (Lipinski definition) is 2. The second-order valence-corrected chi connectivity index (χ2v) is 5.99. The topological polar surface area (TPSA) is 44.4 Å². The highest BCUT2D eigenvalue weighted by Gasteiger charge is 2.20. The third-order valence-corrected chi connectivity index (χ3v) is 3.65. The van der Waals surface area contributed by atoms with Gasteiger partial charge in [0.1, 0.15) is 0 Å². The molecule has 1 fully saturated rings. The predicted molar refractivity (Wildman–Crippen MR) is 96.3 cm³/mol. The SMILES string of the molecule is CC1CC(NC(=O)c2cccc(CN(C)C)c2)CCN1.Cl.Cl. The van der Waals surface area contributed by atoms with Crippen LogP contribution in [0.5, 0.6) is 0 Å².